The van der Waals surface area contributed by atoms with Crippen LogP contribution in [0.4, 0.5) is 0 Å². The summed E-state index contributed by atoms with van der Waals surface area (Å²) < 4.78 is 3.34. The first-order chi connectivity index (χ1) is 12.6. The number of aryl methyl sites for hydroxylation is 1. The van der Waals surface area contributed by atoms with Gasteiger partial charge in [0.2, 0.25) is 0 Å². The van der Waals surface area contributed by atoms with E-state index in [0.29, 0.717) is 5.65 Å². The van der Waals surface area contributed by atoms with Crippen LogP contribution in [0.1, 0.15) is 28.7 Å². The lowest BCUT2D eigenvalue weighted by atomic mass is 10.2. The van der Waals surface area contributed by atoms with E-state index in [9.17, 15) is 9.59 Å². The maximum absolute atomic E-state index is 12.4. The first kappa shape index (κ1) is 16.0. The molecule has 0 atom stereocenters. The van der Waals surface area contributed by atoms with Crippen molar-refractivity contribution < 1.29 is 4.79 Å². The van der Waals surface area contributed by atoms with Crippen LogP contribution in [-0.4, -0.2) is 24.7 Å². The minimum Gasteiger partial charge on any atom is -0.345 e. The summed E-state index contributed by atoms with van der Waals surface area (Å²) in [4.78, 5) is 33.2. The number of nitrogens with zero attached hydrogens (tertiary/aromatic N) is 4. The van der Waals surface area contributed by atoms with Gasteiger partial charge in [0.1, 0.15) is 17.0 Å². The average molecular weight is 347 g/mol. The molecule has 0 fully saturated rings. The molecule has 130 valence electrons. The average Bonchev–Trinajstić information content (AvgIpc) is 3.08. The summed E-state index contributed by atoms with van der Waals surface area (Å²) >= 11 is 0. The summed E-state index contributed by atoms with van der Waals surface area (Å²) in [6.07, 6.45) is 6.48. The first-order valence-electron chi connectivity index (χ1n) is 8.37. The molecule has 1 N–H and O–H groups in total. The Hall–Kier alpha value is -3.48. The monoisotopic (exact) mass is 347 g/mol. The SMILES string of the molecule is CCc1ccc2nc(CNC(=O)c3cc(=O)n4ccccc4n3)cn2c1. The normalized spacial score (nSPS) is 11.1. The molecule has 4 heterocycles. The van der Waals surface area contributed by atoms with Crippen molar-refractivity contribution in [1.82, 2.24) is 24.1 Å². The number of carbonyl (C=O) groups excluding carboxylic acids is 1. The molecule has 0 saturated carbocycles. The van der Waals surface area contributed by atoms with E-state index < -0.39 is 5.91 Å². The van der Waals surface area contributed by atoms with Crippen LogP contribution in [0.3, 0.4) is 0 Å². The van der Waals surface area contributed by atoms with Crippen molar-refractivity contribution in [3.8, 4) is 0 Å². The molecule has 26 heavy (non-hydrogen) atoms. The van der Waals surface area contributed by atoms with E-state index in [1.165, 1.54) is 16.0 Å². The molecule has 0 aliphatic heterocycles. The molecule has 0 saturated heterocycles. The first-order valence-corrected chi connectivity index (χ1v) is 8.37. The highest BCUT2D eigenvalue weighted by atomic mass is 16.2. The minimum atomic E-state index is -0.403. The fourth-order valence-corrected chi connectivity index (χ4v) is 2.82. The van der Waals surface area contributed by atoms with E-state index >= 15 is 0 Å². The van der Waals surface area contributed by atoms with E-state index in [4.69, 9.17) is 0 Å². The number of nitrogens with one attached hydrogen (secondary N) is 1. The number of imidazole rings is 1. The molecule has 0 spiro atoms. The van der Waals surface area contributed by atoms with Crippen LogP contribution in [0.25, 0.3) is 11.3 Å². The topological polar surface area (TPSA) is 80.8 Å². The molecule has 4 aromatic heterocycles. The third kappa shape index (κ3) is 2.95. The lowest BCUT2D eigenvalue weighted by molar-refractivity contribution is 0.0945. The van der Waals surface area contributed by atoms with Gasteiger partial charge in [0, 0.05) is 24.7 Å². The van der Waals surface area contributed by atoms with Crippen LogP contribution >= 0.6 is 0 Å². The molecule has 4 rings (SSSR count). The minimum absolute atomic E-state index is 0.0956. The van der Waals surface area contributed by atoms with Gasteiger partial charge in [-0.25, -0.2) is 9.97 Å². The Balaban J connectivity index is 1.54. The lowest BCUT2D eigenvalue weighted by Gasteiger charge is -2.04. The van der Waals surface area contributed by atoms with Crippen molar-refractivity contribution >= 4 is 17.2 Å². The summed E-state index contributed by atoms with van der Waals surface area (Å²) in [5.41, 5.74) is 3.02. The van der Waals surface area contributed by atoms with Crippen molar-refractivity contribution in [3.05, 3.63) is 82.3 Å². The number of fused-ring (bicyclic) bond motifs is 2. The Kier molecular flexibility index (Phi) is 3.96. The quantitative estimate of drug-likeness (QED) is 0.611. The van der Waals surface area contributed by atoms with Crippen molar-refractivity contribution in [3.63, 3.8) is 0 Å². The molecule has 0 aliphatic carbocycles. The molecule has 0 bridgehead atoms. The Labute approximate surface area is 149 Å². The van der Waals surface area contributed by atoms with E-state index in [1.54, 1.807) is 24.4 Å². The number of hydrogen-bond donors (Lipinski definition) is 1. The summed E-state index contributed by atoms with van der Waals surface area (Å²) in [5, 5.41) is 2.77. The molecule has 0 radical (unpaired) electrons. The summed E-state index contributed by atoms with van der Waals surface area (Å²) in [7, 11) is 0. The van der Waals surface area contributed by atoms with Crippen molar-refractivity contribution in [2.45, 2.75) is 19.9 Å². The Morgan fingerprint density at radius 1 is 1.12 bits per heavy atom. The third-order valence-electron chi connectivity index (χ3n) is 4.20. The third-order valence-corrected chi connectivity index (χ3v) is 4.20. The zero-order chi connectivity index (χ0) is 18.1. The van der Waals surface area contributed by atoms with Gasteiger partial charge >= 0.3 is 0 Å². The molecule has 4 aromatic rings. The summed E-state index contributed by atoms with van der Waals surface area (Å²) in [6, 6.07) is 10.4. The number of aromatic nitrogens is 4. The zero-order valence-corrected chi connectivity index (χ0v) is 14.2. The largest absolute Gasteiger partial charge is 0.345 e. The predicted octanol–water partition coefficient (Wildman–Crippen LogP) is 1.83. The maximum Gasteiger partial charge on any atom is 0.270 e. The molecule has 0 unspecified atom stereocenters. The van der Waals surface area contributed by atoms with Crippen molar-refractivity contribution in [2.75, 3.05) is 0 Å². The number of rotatable bonds is 4. The molecular formula is C19H17N5O2. The van der Waals surface area contributed by atoms with Crippen LogP contribution in [0, 0.1) is 0 Å². The van der Waals surface area contributed by atoms with E-state index in [1.807, 2.05) is 28.9 Å². The van der Waals surface area contributed by atoms with Gasteiger partial charge in [-0.3, -0.25) is 14.0 Å². The number of pyridine rings is 2. The number of carbonyl (C=O) groups is 1. The van der Waals surface area contributed by atoms with Crippen molar-refractivity contribution in [1.29, 1.82) is 0 Å². The molecular weight excluding hydrogens is 330 g/mol. The highest BCUT2D eigenvalue weighted by Crippen LogP contribution is 2.08. The molecule has 0 aromatic carbocycles. The molecule has 0 aliphatic rings. The molecule has 7 nitrogen and oxygen atoms in total. The van der Waals surface area contributed by atoms with Crippen LogP contribution < -0.4 is 10.9 Å². The van der Waals surface area contributed by atoms with Gasteiger partial charge in [-0.15, -0.1) is 0 Å². The summed E-state index contributed by atoms with van der Waals surface area (Å²) in [5.74, 6) is -0.403. The standard InChI is InChI=1S/C19H17N5O2/c1-2-13-6-7-16-21-14(12-23(16)11-13)10-20-19(26)15-9-18(25)24-8-4-3-5-17(24)22-15/h3-9,11-12H,2,10H2,1H3,(H,20,26). The van der Waals surface area contributed by atoms with E-state index in [2.05, 4.69) is 22.2 Å². The van der Waals surface area contributed by atoms with Gasteiger partial charge < -0.3 is 9.72 Å². The highest BCUT2D eigenvalue weighted by Gasteiger charge is 2.11. The van der Waals surface area contributed by atoms with Crippen LogP contribution in [0.15, 0.2) is 59.8 Å². The van der Waals surface area contributed by atoms with Crippen LogP contribution in [-0.2, 0) is 13.0 Å². The lowest BCUT2D eigenvalue weighted by Crippen LogP contribution is -2.27. The fraction of sp³-hybridized carbons (Fsp3) is 0.158. The van der Waals surface area contributed by atoms with Gasteiger partial charge in [0.15, 0.2) is 0 Å². The Bertz CT molecular complexity index is 1180. The van der Waals surface area contributed by atoms with Gasteiger partial charge in [0.25, 0.3) is 11.5 Å². The van der Waals surface area contributed by atoms with Gasteiger partial charge in [-0.2, -0.15) is 0 Å². The Morgan fingerprint density at radius 2 is 2.00 bits per heavy atom. The van der Waals surface area contributed by atoms with Crippen molar-refractivity contribution in [2.24, 2.45) is 0 Å². The second-order valence-electron chi connectivity index (χ2n) is 5.98. The Morgan fingerprint density at radius 3 is 2.85 bits per heavy atom. The fourth-order valence-electron chi connectivity index (χ4n) is 2.82. The molecule has 7 heteroatoms. The highest BCUT2D eigenvalue weighted by molar-refractivity contribution is 5.92. The van der Waals surface area contributed by atoms with E-state index in [-0.39, 0.29) is 17.8 Å². The van der Waals surface area contributed by atoms with E-state index in [0.717, 1.165) is 17.8 Å². The summed E-state index contributed by atoms with van der Waals surface area (Å²) in [6.45, 7) is 2.36. The zero-order valence-electron chi connectivity index (χ0n) is 14.2. The van der Waals surface area contributed by atoms with Gasteiger partial charge in [-0.05, 0) is 30.2 Å². The second-order valence-corrected chi connectivity index (χ2v) is 5.98. The number of hydrogen-bond acceptors (Lipinski definition) is 4. The predicted molar refractivity (Wildman–Crippen MR) is 97.2 cm³/mol. The smallest absolute Gasteiger partial charge is 0.270 e. The van der Waals surface area contributed by atoms with Gasteiger partial charge in [-0.1, -0.05) is 19.1 Å². The number of amides is 1. The molecule has 1 amide bonds. The second kappa shape index (κ2) is 6.44. The van der Waals surface area contributed by atoms with Crippen LogP contribution in [0.5, 0.6) is 0 Å². The maximum atomic E-state index is 12.4. The van der Waals surface area contributed by atoms with Crippen LogP contribution in [0.2, 0.25) is 0 Å². The van der Waals surface area contributed by atoms with Gasteiger partial charge in [0.05, 0.1) is 12.2 Å².